The van der Waals surface area contributed by atoms with Gasteiger partial charge in [-0.3, -0.25) is 4.98 Å². The van der Waals surface area contributed by atoms with Gasteiger partial charge >= 0.3 is 5.97 Å². The van der Waals surface area contributed by atoms with Gasteiger partial charge in [-0.1, -0.05) is 12.1 Å². The van der Waals surface area contributed by atoms with Crippen molar-refractivity contribution in [1.29, 1.82) is 0 Å². The fourth-order valence-corrected chi connectivity index (χ4v) is 2.24. The van der Waals surface area contributed by atoms with Gasteiger partial charge in [-0.15, -0.1) is 0 Å². The van der Waals surface area contributed by atoms with Gasteiger partial charge in [-0.25, -0.2) is 13.2 Å². The molecule has 0 aliphatic carbocycles. The average Bonchev–Trinajstić information content (AvgIpc) is 2.38. The van der Waals surface area contributed by atoms with Crippen LogP contribution in [0.4, 0.5) is 0 Å². The van der Waals surface area contributed by atoms with E-state index in [1.807, 2.05) is 0 Å². The molecule has 0 bridgehead atoms. The molecule has 2 aromatic rings. The van der Waals surface area contributed by atoms with Crippen molar-refractivity contribution in [1.82, 2.24) is 4.98 Å². The number of rotatable bonds is 3. The second-order valence-electron chi connectivity index (χ2n) is 4.04. The minimum absolute atomic E-state index is 0.0861. The van der Waals surface area contributed by atoms with E-state index >= 15 is 0 Å². The summed E-state index contributed by atoms with van der Waals surface area (Å²) in [5.74, 6) is -1.05. The number of nitrogens with zero attached hydrogens (tertiary/aromatic N) is 1. The summed E-state index contributed by atoms with van der Waals surface area (Å²) in [5, 5.41) is 8.78. The fourth-order valence-electron chi connectivity index (χ4n) is 1.58. The first-order chi connectivity index (χ1) is 8.88. The number of carboxylic acid groups (broad SMARTS) is 1. The Morgan fingerprint density at radius 3 is 2.47 bits per heavy atom. The van der Waals surface area contributed by atoms with Crippen molar-refractivity contribution in [2.45, 2.75) is 4.90 Å². The zero-order valence-electron chi connectivity index (χ0n) is 10.1. The molecule has 0 atom stereocenters. The summed E-state index contributed by atoms with van der Waals surface area (Å²) in [6.07, 6.45) is 2.37. The van der Waals surface area contributed by atoms with Crippen molar-refractivity contribution in [2.24, 2.45) is 0 Å². The Labute approximate surface area is 110 Å². The van der Waals surface area contributed by atoms with E-state index in [4.69, 9.17) is 5.11 Å². The summed E-state index contributed by atoms with van der Waals surface area (Å²) in [6.45, 7) is 0. The van der Waals surface area contributed by atoms with E-state index in [1.165, 1.54) is 24.4 Å². The largest absolute Gasteiger partial charge is 0.478 e. The van der Waals surface area contributed by atoms with Crippen LogP contribution >= 0.6 is 0 Å². The van der Waals surface area contributed by atoms with E-state index in [0.717, 1.165) is 6.26 Å². The average molecular weight is 277 g/mol. The molecule has 0 aliphatic heterocycles. The highest BCUT2D eigenvalue weighted by atomic mass is 32.2. The summed E-state index contributed by atoms with van der Waals surface area (Å²) in [6, 6.07) is 9.33. The lowest BCUT2D eigenvalue weighted by molar-refractivity contribution is 0.0696. The Morgan fingerprint density at radius 2 is 1.95 bits per heavy atom. The number of pyridine rings is 1. The molecule has 1 heterocycles. The number of aromatic carboxylic acids is 1. The number of benzene rings is 1. The molecule has 2 rings (SSSR count). The van der Waals surface area contributed by atoms with E-state index in [9.17, 15) is 13.2 Å². The van der Waals surface area contributed by atoms with E-state index in [1.54, 1.807) is 18.2 Å². The van der Waals surface area contributed by atoms with Gasteiger partial charge in [0.1, 0.15) is 0 Å². The van der Waals surface area contributed by atoms with Crippen LogP contribution in [0.2, 0.25) is 0 Å². The number of carboxylic acids is 1. The highest BCUT2D eigenvalue weighted by molar-refractivity contribution is 7.90. The molecular weight excluding hydrogens is 266 g/mol. The zero-order valence-corrected chi connectivity index (χ0v) is 10.9. The van der Waals surface area contributed by atoms with E-state index in [2.05, 4.69) is 4.98 Å². The molecule has 19 heavy (non-hydrogen) atoms. The van der Waals surface area contributed by atoms with Gasteiger partial charge in [0.15, 0.2) is 9.84 Å². The van der Waals surface area contributed by atoms with Gasteiger partial charge in [0.2, 0.25) is 0 Å². The smallest absolute Gasteiger partial charge is 0.337 e. The Hall–Kier alpha value is -2.21. The van der Waals surface area contributed by atoms with E-state index in [-0.39, 0.29) is 10.5 Å². The predicted molar refractivity (Wildman–Crippen MR) is 69.7 cm³/mol. The van der Waals surface area contributed by atoms with Crippen LogP contribution in [-0.2, 0) is 9.84 Å². The Bertz CT molecular complexity index is 721. The van der Waals surface area contributed by atoms with Crippen LogP contribution in [0.5, 0.6) is 0 Å². The van der Waals surface area contributed by atoms with Gasteiger partial charge in [0.25, 0.3) is 0 Å². The Morgan fingerprint density at radius 1 is 1.21 bits per heavy atom. The summed E-state index contributed by atoms with van der Waals surface area (Å²) in [4.78, 5) is 14.9. The van der Waals surface area contributed by atoms with Crippen molar-refractivity contribution in [2.75, 3.05) is 6.26 Å². The number of sulfone groups is 1. The molecule has 6 heteroatoms. The molecular formula is C13H11NO4S. The van der Waals surface area contributed by atoms with E-state index in [0.29, 0.717) is 11.3 Å². The van der Waals surface area contributed by atoms with Crippen molar-refractivity contribution in [3.63, 3.8) is 0 Å². The predicted octanol–water partition coefficient (Wildman–Crippen LogP) is 1.85. The number of aromatic nitrogens is 1. The van der Waals surface area contributed by atoms with Crippen molar-refractivity contribution in [3.8, 4) is 11.3 Å². The molecule has 5 nitrogen and oxygen atoms in total. The van der Waals surface area contributed by atoms with Gasteiger partial charge in [-0.2, -0.15) is 0 Å². The van der Waals surface area contributed by atoms with Crippen LogP contribution in [0, 0.1) is 0 Å². The second-order valence-corrected chi connectivity index (χ2v) is 6.05. The zero-order chi connectivity index (χ0) is 14.0. The first-order valence-corrected chi connectivity index (χ1v) is 7.27. The number of hydrogen-bond donors (Lipinski definition) is 1. The van der Waals surface area contributed by atoms with Gasteiger partial charge in [-0.05, 0) is 24.3 Å². The van der Waals surface area contributed by atoms with Crippen LogP contribution < -0.4 is 0 Å². The quantitative estimate of drug-likeness (QED) is 0.925. The third-order valence-corrected chi connectivity index (χ3v) is 3.68. The summed E-state index contributed by atoms with van der Waals surface area (Å²) in [5.41, 5.74) is 1.23. The second kappa shape index (κ2) is 4.81. The summed E-state index contributed by atoms with van der Waals surface area (Å²) < 4.78 is 22.9. The molecule has 98 valence electrons. The van der Waals surface area contributed by atoms with Crippen molar-refractivity contribution in [3.05, 3.63) is 48.2 Å². The molecule has 0 unspecified atom stereocenters. The molecule has 0 spiro atoms. The van der Waals surface area contributed by atoms with Crippen molar-refractivity contribution >= 4 is 15.8 Å². The Kier molecular flexibility index (Phi) is 3.35. The van der Waals surface area contributed by atoms with Crippen LogP contribution in [-0.4, -0.2) is 30.7 Å². The highest BCUT2D eigenvalue weighted by Crippen LogP contribution is 2.20. The maximum absolute atomic E-state index is 11.5. The first kappa shape index (κ1) is 13.2. The third kappa shape index (κ3) is 2.97. The molecule has 0 saturated heterocycles. The molecule has 1 aromatic carbocycles. The van der Waals surface area contributed by atoms with Crippen molar-refractivity contribution < 1.29 is 18.3 Å². The fraction of sp³-hybridized carbons (Fsp3) is 0.0769. The molecule has 1 N–H and O–H groups in total. The van der Waals surface area contributed by atoms with Crippen LogP contribution in [0.1, 0.15) is 10.4 Å². The topological polar surface area (TPSA) is 84.3 Å². The van der Waals surface area contributed by atoms with Crippen LogP contribution in [0.25, 0.3) is 11.3 Å². The lowest BCUT2D eigenvalue weighted by Crippen LogP contribution is -1.98. The van der Waals surface area contributed by atoms with Gasteiger partial charge in [0.05, 0.1) is 16.2 Å². The lowest BCUT2D eigenvalue weighted by Gasteiger charge is -2.04. The number of carbonyl (C=O) groups is 1. The molecule has 1 aromatic heterocycles. The monoisotopic (exact) mass is 277 g/mol. The first-order valence-electron chi connectivity index (χ1n) is 5.38. The molecule has 0 aliphatic rings. The molecule has 0 fully saturated rings. The maximum atomic E-state index is 11.5. The van der Waals surface area contributed by atoms with E-state index < -0.39 is 15.8 Å². The summed E-state index contributed by atoms with van der Waals surface area (Å²) >= 11 is 0. The third-order valence-electron chi connectivity index (χ3n) is 2.57. The molecule has 0 saturated carbocycles. The van der Waals surface area contributed by atoms with Crippen LogP contribution in [0.3, 0.4) is 0 Å². The summed E-state index contributed by atoms with van der Waals surface area (Å²) in [7, 11) is -3.28. The standard InChI is InChI=1S/C13H11NO4S/c1-19(17,18)11-4-2-3-9(7-11)12-6-5-10(8-14-12)13(15)16/h2-8H,1H3,(H,15,16). The van der Waals surface area contributed by atoms with Crippen LogP contribution in [0.15, 0.2) is 47.5 Å². The molecule has 0 radical (unpaired) electrons. The minimum Gasteiger partial charge on any atom is -0.478 e. The molecule has 0 amide bonds. The minimum atomic E-state index is -3.28. The SMILES string of the molecule is CS(=O)(=O)c1cccc(-c2ccc(C(=O)O)cn2)c1. The lowest BCUT2D eigenvalue weighted by atomic mass is 10.1. The maximum Gasteiger partial charge on any atom is 0.337 e. The highest BCUT2D eigenvalue weighted by Gasteiger charge is 2.09. The van der Waals surface area contributed by atoms with Gasteiger partial charge < -0.3 is 5.11 Å². The van der Waals surface area contributed by atoms with Gasteiger partial charge in [0, 0.05) is 18.0 Å². The Balaban J connectivity index is 2.45. The number of hydrogen-bond acceptors (Lipinski definition) is 4. The normalized spacial score (nSPS) is 11.2.